The molecule has 0 heterocycles. The van der Waals surface area contributed by atoms with Crippen LogP contribution in [0.3, 0.4) is 0 Å². The highest BCUT2D eigenvalue weighted by Crippen LogP contribution is 2.19. The summed E-state index contributed by atoms with van der Waals surface area (Å²) < 4.78 is 10.4. The van der Waals surface area contributed by atoms with Crippen LogP contribution in [0.2, 0.25) is 0 Å². The van der Waals surface area contributed by atoms with Crippen molar-refractivity contribution in [3.63, 3.8) is 0 Å². The normalized spacial score (nSPS) is 12.6. The Bertz CT molecular complexity index is 277. The molecule has 0 aliphatic rings. The molecule has 1 atom stereocenters. The van der Waals surface area contributed by atoms with E-state index in [-0.39, 0.29) is 0 Å². The maximum Gasteiger partial charge on any atom is 0.0700 e. The lowest BCUT2D eigenvalue weighted by Crippen LogP contribution is -2.13. The molecule has 1 aromatic carbocycles. The van der Waals surface area contributed by atoms with Gasteiger partial charge in [-0.3, -0.25) is 0 Å². The van der Waals surface area contributed by atoms with Crippen molar-refractivity contribution in [3.05, 3.63) is 35.9 Å². The molecule has 17 heavy (non-hydrogen) atoms. The molecule has 3 heteroatoms. The van der Waals surface area contributed by atoms with Crippen LogP contribution >= 0.6 is 0 Å². The summed E-state index contributed by atoms with van der Waals surface area (Å²) in [5.41, 5.74) is 7.13. The van der Waals surface area contributed by atoms with E-state index >= 15 is 0 Å². The molecule has 0 fully saturated rings. The average Bonchev–Trinajstić information content (AvgIpc) is 2.39. The number of hydrogen-bond donors (Lipinski definition) is 1. The fourth-order valence-corrected chi connectivity index (χ4v) is 1.82. The van der Waals surface area contributed by atoms with Crippen molar-refractivity contribution in [1.82, 2.24) is 0 Å². The van der Waals surface area contributed by atoms with Gasteiger partial charge in [0.2, 0.25) is 0 Å². The smallest absolute Gasteiger partial charge is 0.0700 e. The lowest BCUT2D eigenvalue weighted by atomic mass is 9.95. The van der Waals surface area contributed by atoms with Gasteiger partial charge >= 0.3 is 0 Å². The lowest BCUT2D eigenvalue weighted by molar-refractivity contribution is 0.0682. The monoisotopic (exact) mass is 237 g/mol. The molecule has 1 aromatic rings. The molecule has 1 unspecified atom stereocenters. The first-order valence-electron chi connectivity index (χ1n) is 6.20. The van der Waals surface area contributed by atoms with Crippen molar-refractivity contribution in [3.8, 4) is 0 Å². The first kappa shape index (κ1) is 14.2. The molecule has 0 spiro atoms. The topological polar surface area (TPSA) is 44.5 Å². The summed E-state index contributed by atoms with van der Waals surface area (Å²) in [6, 6.07) is 10.4. The van der Waals surface area contributed by atoms with Crippen LogP contribution in [0.15, 0.2) is 30.3 Å². The fourth-order valence-electron chi connectivity index (χ4n) is 1.82. The molecular formula is C14H23NO2. The minimum atomic E-state index is 0.447. The van der Waals surface area contributed by atoms with Gasteiger partial charge in [-0.1, -0.05) is 30.3 Å². The van der Waals surface area contributed by atoms with Crippen LogP contribution in [0, 0.1) is 0 Å². The molecule has 2 N–H and O–H groups in total. The molecule has 0 aliphatic heterocycles. The summed E-state index contributed by atoms with van der Waals surface area (Å²) in [5.74, 6) is 0.447. The SMILES string of the molecule is COCCOCCCC(CN)c1ccccc1. The van der Waals surface area contributed by atoms with E-state index in [1.807, 2.05) is 6.07 Å². The van der Waals surface area contributed by atoms with Gasteiger partial charge in [0.15, 0.2) is 0 Å². The summed E-state index contributed by atoms with van der Waals surface area (Å²) in [5, 5.41) is 0. The highest BCUT2D eigenvalue weighted by atomic mass is 16.5. The number of methoxy groups -OCH3 is 1. The summed E-state index contributed by atoms with van der Waals surface area (Å²) in [4.78, 5) is 0. The maximum absolute atomic E-state index is 5.81. The van der Waals surface area contributed by atoms with Crippen molar-refractivity contribution in [2.75, 3.05) is 33.5 Å². The second-order valence-corrected chi connectivity index (χ2v) is 4.09. The number of ether oxygens (including phenoxy) is 2. The Hall–Kier alpha value is -0.900. The summed E-state index contributed by atoms with van der Waals surface area (Å²) in [7, 11) is 1.68. The minimum Gasteiger partial charge on any atom is -0.382 e. The minimum absolute atomic E-state index is 0.447. The molecule has 0 aromatic heterocycles. The Morgan fingerprint density at radius 1 is 1.12 bits per heavy atom. The number of nitrogens with two attached hydrogens (primary N) is 1. The second kappa shape index (κ2) is 9.16. The highest BCUT2D eigenvalue weighted by molar-refractivity contribution is 5.19. The predicted octanol–water partition coefficient (Wildman–Crippen LogP) is 2.17. The third-order valence-electron chi connectivity index (χ3n) is 2.83. The van der Waals surface area contributed by atoms with Crippen molar-refractivity contribution >= 4 is 0 Å². The van der Waals surface area contributed by atoms with Crippen LogP contribution in [0.4, 0.5) is 0 Å². The van der Waals surface area contributed by atoms with E-state index in [0.717, 1.165) is 19.4 Å². The Morgan fingerprint density at radius 3 is 2.53 bits per heavy atom. The quantitative estimate of drug-likeness (QED) is 0.669. The summed E-state index contributed by atoms with van der Waals surface area (Å²) >= 11 is 0. The molecule has 0 radical (unpaired) electrons. The van der Waals surface area contributed by atoms with Crippen LogP contribution < -0.4 is 5.73 Å². The van der Waals surface area contributed by atoms with E-state index in [4.69, 9.17) is 15.2 Å². The van der Waals surface area contributed by atoms with Gasteiger partial charge in [0.25, 0.3) is 0 Å². The van der Waals surface area contributed by atoms with E-state index in [2.05, 4.69) is 24.3 Å². The molecule has 0 amide bonds. The Labute approximate surface area is 104 Å². The summed E-state index contributed by atoms with van der Waals surface area (Å²) in [6.07, 6.45) is 2.12. The largest absolute Gasteiger partial charge is 0.382 e. The molecule has 1 rings (SSSR count). The number of benzene rings is 1. The molecular weight excluding hydrogens is 214 g/mol. The fraction of sp³-hybridized carbons (Fsp3) is 0.571. The van der Waals surface area contributed by atoms with Crippen molar-refractivity contribution in [2.45, 2.75) is 18.8 Å². The maximum atomic E-state index is 5.81. The van der Waals surface area contributed by atoms with Crippen LogP contribution in [0.5, 0.6) is 0 Å². The Kier molecular flexibility index (Phi) is 7.63. The molecule has 96 valence electrons. The molecule has 0 bridgehead atoms. The van der Waals surface area contributed by atoms with Crippen molar-refractivity contribution in [1.29, 1.82) is 0 Å². The lowest BCUT2D eigenvalue weighted by Gasteiger charge is -2.15. The van der Waals surface area contributed by atoms with Crippen molar-refractivity contribution in [2.24, 2.45) is 5.73 Å². The average molecular weight is 237 g/mol. The van der Waals surface area contributed by atoms with Gasteiger partial charge in [-0.15, -0.1) is 0 Å². The van der Waals surface area contributed by atoms with Gasteiger partial charge < -0.3 is 15.2 Å². The van der Waals surface area contributed by atoms with Crippen molar-refractivity contribution < 1.29 is 9.47 Å². The molecule has 0 aliphatic carbocycles. The number of rotatable bonds is 9. The zero-order valence-corrected chi connectivity index (χ0v) is 10.6. The first-order chi connectivity index (χ1) is 8.38. The highest BCUT2D eigenvalue weighted by Gasteiger charge is 2.08. The zero-order valence-electron chi connectivity index (χ0n) is 10.6. The molecule has 0 saturated carbocycles. The van der Waals surface area contributed by atoms with Gasteiger partial charge in [-0.25, -0.2) is 0 Å². The van der Waals surface area contributed by atoms with Gasteiger partial charge in [-0.2, -0.15) is 0 Å². The number of hydrogen-bond acceptors (Lipinski definition) is 3. The van der Waals surface area contributed by atoms with Gasteiger partial charge in [0.05, 0.1) is 13.2 Å². The van der Waals surface area contributed by atoms with E-state index < -0.39 is 0 Å². The third kappa shape index (κ3) is 5.82. The zero-order chi connectivity index (χ0) is 12.3. The first-order valence-corrected chi connectivity index (χ1v) is 6.20. The Morgan fingerprint density at radius 2 is 1.88 bits per heavy atom. The van der Waals surface area contributed by atoms with E-state index in [9.17, 15) is 0 Å². The van der Waals surface area contributed by atoms with E-state index in [0.29, 0.717) is 25.7 Å². The van der Waals surface area contributed by atoms with E-state index in [1.54, 1.807) is 7.11 Å². The predicted molar refractivity (Wildman–Crippen MR) is 70.2 cm³/mol. The van der Waals surface area contributed by atoms with Crippen LogP contribution in [-0.4, -0.2) is 33.5 Å². The van der Waals surface area contributed by atoms with Gasteiger partial charge in [0.1, 0.15) is 0 Å². The third-order valence-corrected chi connectivity index (χ3v) is 2.83. The second-order valence-electron chi connectivity index (χ2n) is 4.09. The standard InChI is InChI=1S/C14H23NO2/c1-16-10-11-17-9-5-8-14(12-15)13-6-3-2-4-7-13/h2-4,6-7,14H,5,8-12,15H2,1H3. The van der Waals surface area contributed by atoms with Crippen LogP contribution in [-0.2, 0) is 9.47 Å². The van der Waals surface area contributed by atoms with Gasteiger partial charge in [-0.05, 0) is 30.9 Å². The van der Waals surface area contributed by atoms with Crippen LogP contribution in [0.25, 0.3) is 0 Å². The molecule has 0 saturated heterocycles. The van der Waals surface area contributed by atoms with Gasteiger partial charge in [0, 0.05) is 13.7 Å². The van der Waals surface area contributed by atoms with Crippen LogP contribution in [0.1, 0.15) is 24.3 Å². The summed E-state index contributed by atoms with van der Waals surface area (Å²) in [6.45, 7) is 2.82. The van der Waals surface area contributed by atoms with E-state index in [1.165, 1.54) is 5.56 Å². The Balaban J connectivity index is 2.20. The molecule has 3 nitrogen and oxygen atoms in total.